The van der Waals surface area contributed by atoms with Crippen molar-refractivity contribution in [3.8, 4) is 0 Å². The molecule has 108 valence electrons. The maximum Gasteiger partial charge on any atom is 0.0638 e. The summed E-state index contributed by atoms with van der Waals surface area (Å²) >= 11 is 0. The lowest BCUT2D eigenvalue weighted by atomic mass is 10.0. The SMILES string of the molecule is CCCc1ccc(C(C)NCc2cn(C)nc2C)cc1. The van der Waals surface area contributed by atoms with Crippen molar-refractivity contribution in [3.63, 3.8) is 0 Å². The molecule has 0 aliphatic heterocycles. The van der Waals surface area contributed by atoms with Crippen LogP contribution in [0.15, 0.2) is 30.5 Å². The number of aromatic nitrogens is 2. The summed E-state index contributed by atoms with van der Waals surface area (Å²) in [5, 5.41) is 7.94. The summed E-state index contributed by atoms with van der Waals surface area (Å²) in [4.78, 5) is 0. The van der Waals surface area contributed by atoms with Gasteiger partial charge in [-0.1, -0.05) is 37.6 Å². The van der Waals surface area contributed by atoms with Gasteiger partial charge in [-0.05, 0) is 31.4 Å². The Kier molecular flexibility index (Phi) is 4.96. The fraction of sp³-hybridized carbons (Fsp3) is 0.471. The van der Waals surface area contributed by atoms with Crippen LogP contribution in [-0.4, -0.2) is 9.78 Å². The van der Waals surface area contributed by atoms with Crippen molar-refractivity contribution in [1.82, 2.24) is 15.1 Å². The molecule has 2 rings (SSSR count). The second-order valence-corrected chi connectivity index (χ2v) is 5.51. The van der Waals surface area contributed by atoms with E-state index in [-0.39, 0.29) is 0 Å². The van der Waals surface area contributed by atoms with Gasteiger partial charge in [0.2, 0.25) is 0 Å². The van der Waals surface area contributed by atoms with Crippen LogP contribution >= 0.6 is 0 Å². The summed E-state index contributed by atoms with van der Waals surface area (Å²) in [6.07, 6.45) is 4.45. The van der Waals surface area contributed by atoms with Crippen molar-refractivity contribution in [2.75, 3.05) is 0 Å². The Bertz CT molecular complexity index is 540. The Morgan fingerprint density at radius 1 is 1.25 bits per heavy atom. The smallest absolute Gasteiger partial charge is 0.0638 e. The largest absolute Gasteiger partial charge is 0.306 e. The molecule has 0 saturated carbocycles. The van der Waals surface area contributed by atoms with E-state index < -0.39 is 0 Å². The zero-order valence-corrected chi connectivity index (χ0v) is 13.0. The molecule has 0 radical (unpaired) electrons. The summed E-state index contributed by atoms with van der Waals surface area (Å²) in [6.45, 7) is 7.34. The predicted molar refractivity (Wildman–Crippen MR) is 83.6 cm³/mol. The summed E-state index contributed by atoms with van der Waals surface area (Å²) in [7, 11) is 1.96. The van der Waals surface area contributed by atoms with Crippen molar-refractivity contribution in [1.29, 1.82) is 0 Å². The second kappa shape index (κ2) is 6.71. The minimum Gasteiger partial charge on any atom is -0.306 e. The zero-order valence-electron chi connectivity index (χ0n) is 13.0. The van der Waals surface area contributed by atoms with Gasteiger partial charge in [0.15, 0.2) is 0 Å². The quantitative estimate of drug-likeness (QED) is 0.871. The van der Waals surface area contributed by atoms with E-state index in [1.165, 1.54) is 23.1 Å². The molecule has 0 bridgehead atoms. The van der Waals surface area contributed by atoms with Gasteiger partial charge >= 0.3 is 0 Å². The molecule has 1 atom stereocenters. The molecule has 1 aromatic heterocycles. The highest BCUT2D eigenvalue weighted by atomic mass is 15.2. The maximum absolute atomic E-state index is 4.37. The van der Waals surface area contributed by atoms with Crippen LogP contribution in [0.2, 0.25) is 0 Å². The highest BCUT2D eigenvalue weighted by Crippen LogP contribution is 2.15. The molecule has 20 heavy (non-hydrogen) atoms. The van der Waals surface area contributed by atoms with Crippen LogP contribution in [0.5, 0.6) is 0 Å². The molecule has 0 fully saturated rings. The first-order chi connectivity index (χ1) is 9.60. The van der Waals surface area contributed by atoms with Crippen molar-refractivity contribution < 1.29 is 0 Å². The first-order valence-electron chi connectivity index (χ1n) is 7.41. The van der Waals surface area contributed by atoms with Crippen LogP contribution in [0.1, 0.15) is 48.7 Å². The number of nitrogens with zero attached hydrogens (tertiary/aromatic N) is 2. The van der Waals surface area contributed by atoms with Gasteiger partial charge in [0.1, 0.15) is 0 Å². The van der Waals surface area contributed by atoms with Gasteiger partial charge in [-0.15, -0.1) is 0 Å². The number of hydrogen-bond donors (Lipinski definition) is 1. The van der Waals surface area contributed by atoms with Crippen LogP contribution in [0.3, 0.4) is 0 Å². The molecule has 0 aliphatic rings. The third-order valence-corrected chi connectivity index (χ3v) is 3.73. The van der Waals surface area contributed by atoms with Gasteiger partial charge in [-0.3, -0.25) is 4.68 Å². The molecule has 3 nitrogen and oxygen atoms in total. The molecule has 0 amide bonds. The van der Waals surface area contributed by atoms with Gasteiger partial charge in [0.05, 0.1) is 5.69 Å². The van der Waals surface area contributed by atoms with Crippen molar-refractivity contribution >= 4 is 0 Å². The minimum atomic E-state index is 0.352. The Labute approximate surface area is 122 Å². The second-order valence-electron chi connectivity index (χ2n) is 5.51. The Balaban J connectivity index is 1.94. The number of hydrogen-bond acceptors (Lipinski definition) is 2. The van der Waals surface area contributed by atoms with E-state index in [0.717, 1.165) is 18.7 Å². The average molecular weight is 271 g/mol. The van der Waals surface area contributed by atoms with Crippen LogP contribution in [0.25, 0.3) is 0 Å². The topological polar surface area (TPSA) is 29.9 Å². The Morgan fingerprint density at radius 2 is 1.95 bits per heavy atom. The lowest BCUT2D eigenvalue weighted by Crippen LogP contribution is -2.18. The normalized spacial score (nSPS) is 12.6. The molecule has 3 heteroatoms. The van der Waals surface area contributed by atoms with E-state index in [1.54, 1.807) is 0 Å². The number of rotatable bonds is 6. The molecule has 1 aromatic carbocycles. The molecule has 1 unspecified atom stereocenters. The van der Waals surface area contributed by atoms with Crippen molar-refractivity contribution in [3.05, 3.63) is 52.8 Å². The van der Waals surface area contributed by atoms with E-state index in [2.05, 4.69) is 61.6 Å². The van der Waals surface area contributed by atoms with Gasteiger partial charge < -0.3 is 5.32 Å². The van der Waals surface area contributed by atoms with E-state index in [0.29, 0.717) is 6.04 Å². The van der Waals surface area contributed by atoms with Gasteiger partial charge in [0.25, 0.3) is 0 Å². The van der Waals surface area contributed by atoms with Gasteiger partial charge in [-0.25, -0.2) is 0 Å². The molecule has 2 aromatic rings. The third-order valence-electron chi connectivity index (χ3n) is 3.73. The van der Waals surface area contributed by atoms with E-state index in [4.69, 9.17) is 0 Å². The monoisotopic (exact) mass is 271 g/mol. The molecular weight excluding hydrogens is 246 g/mol. The maximum atomic E-state index is 4.37. The molecule has 0 saturated heterocycles. The van der Waals surface area contributed by atoms with Crippen molar-refractivity contribution in [2.45, 2.75) is 46.2 Å². The van der Waals surface area contributed by atoms with E-state index >= 15 is 0 Å². The molecular formula is C17H25N3. The number of benzene rings is 1. The van der Waals surface area contributed by atoms with Crippen LogP contribution in [-0.2, 0) is 20.0 Å². The molecule has 0 spiro atoms. The minimum absolute atomic E-state index is 0.352. The summed E-state index contributed by atoms with van der Waals surface area (Å²) in [5.74, 6) is 0. The summed E-state index contributed by atoms with van der Waals surface area (Å²) in [5.41, 5.74) is 5.13. The Morgan fingerprint density at radius 3 is 2.50 bits per heavy atom. The van der Waals surface area contributed by atoms with Crippen LogP contribution in [0.4, 0.5) is 0 Å². The fourth-order valence-corrected chi connectivity index (χ4v) is 2.46. The standard InChI is InChI=1S/C17H25N3/c1-5-6-15-7-9-16(10-8-15)13(2)18-11-17-12-20(4)19-14(17)3/h7-10,12-13,18H,5-6,11H2,1-4H3. The van der Waals surface area contributed by atoms with Crippen LogP contribution in [0, 0.1) is 6.92 Å². The highest BCUT2D eigenvalue weighted by Gasteiger charge is 2.07. The Hall–Kier alpha value is -1.61. The molecule has 1 heterocycles. The first kappa shape index (κ1) is 14.8. The van der Waals surface area contributed by atoms with Gasteiger partial charge in [-0.2, -0.15) is 5.10 Å². The lowest BCUT2D eigenvalue weighted by Gasteiger charge is -2.14. The van der Waals surface area contributed by atoms with E-state index in [1.807, 2.05) is 11.7 Å². The predicted octanol–water partition coefficient (Wildman–Crippen LogP) is 3.53. The van der Waals surface area contributed by atoms with E-state index in [9.17, 15) is 0 Å². The number of nitrogens with one attached hydrogen (secondary N) is 1. The average Bonchev–Trinajstić information content (AvgIpc) is 2.75. The summed E-state index contributed by atoms with van der Waals surface area (Å²) in [6, 6.07) is 9.31. The number of aryl methyl sites for hydroxylation is 3. The molecule has 0 aliphatic carbocycles. The van der Waals surface area contributed by atoms with Crippen LogP contribution < -0.4 is 5.32 Å². The van der Waals surface area contributed by atoms with Gasteiger partial charge in [0, 0.05) is 31.4 Å². The third kappa shape index (κ3) is 3.70. The first-order valence-corrected chi connectivity index (χ1v) is 7.41. The van der Waals surface area contributed by atoms with Crippen molar-refractivity contribution in [2.24, 2.45) is 7.05 Å². The lowest BCUT2D eigenvalue weighted by molar-refractivity contribution is 0.573. The highest BCUT2D eigenvalue weighted by molar-refractivity contribution is 5.25. The fourth-order valence-electron chi connectivity index (χ4n) is 2.46. The zero-order chi connectivity index (χ0) is 14.5. The summed E-state index contributed by atoms with van der Waals surface area (Å²) < 4.78 is 1.87. The molecule has 1 N–H and O–H groups in total.